The average Bonchev–Trinajstić information content (AvgIpc) is 2.70. The van der Waals surface area contributed by atoms with Crippen LogP contribution in [0.1, 0.15) is 41.3 Å². The summed E-state index contributed by atoms with van der Waals surface area (Å²) in [5.41, 5.74) is 5.06. The predicted octanol–water partition coefficient (Wildman–Crippen LogP) is 4.45. The van der Waals surface area contributed by atoms with Crippen LogP contribution in [0.5, 0.6) is 0 Å². The lowest BCUT2D eigenvalue weighted by atomic mass is 9.92. The van der Waals surface area contributed by atoms with E-state index in [2.05, 4.69) is 64.5 Å². The molecule has 0 atom stereocenters. The van der Waals surface area contributed by atoms with Gasteiger partial charge in [-0.1, -0.05) is 42.5 Å². The number of rotatable bonds is 5. The zero-order valence-electron chi connectivity index (χ0n) is 15.1. The van der Waals surface area contributed by atoms with Crippen molar-refractivity contribution >= 4 is 0 Å². The van der Waals surface area contributed by atoms with E-state index in [1.54, 1.807) is 0 Å². The molecule has 1 fully saturated rings. The van der Waals surface area contributed by atoms with Gasteiger partial charge in [0.1, 0.15) is 0 Å². The Labute approximate surface area is 155 Å². The number of likely N-dealkylation sites (tertiary alicyclic amines) is 1. The molecule has 0 spiro atoms. The molecule has 0 saturated carbocycles. The van der Waals surface area contributed by atoms with E-state index in [0.717, 1.165) is 26.1 Å². The summed E-state index contributed by atoms with van der Waals surface area (Å²) in [4.78, 5) is 11.7. The average molecular weight is 343 g/mol. The summed E-state index contributed by atoms with van der Waals surface area (Å²) in [5.74, 6) is 0.580. The minimum Gasteiger partial charge on any atom is -0.299 e. The normalized spacial score (nSPS) is 15.8. The molecule has 0 N–H and O–H groups in total. The Kier molecular flexibility index (Phi) is 5.36. The Morgan fingerprint density at radius 2 is 1.65 bits per heavy atom. The number of aromatic nitrogens is 2. The van der Waals surface area contributed by atoms with Crippen LogP contribution in [-0.2, 0) is 13.0 Å². The fourth-order valence-electron chi connectivity index (χ4n) is 3.77. The quantitative estimate of drug-likeness (QED) is 0.685. The van der Waals surface area contributed by atoms with Gasteiger partial charge in [0.2, 0.25) is 0 Å². The fraction of sp³-hybridized carbons (Fsp3) is 0.304. The molecule has 1 aliphatic rings. The molecule has 4 rings (SSSR count). The maximum Gasteiger partial charge on any atom is 0.0450 e. The maximum atomic E-state index is 4.97. The smallest absolute Gasteiger partial charge is 0.0450 e. The first kappa shape index (κ1) is 16.9. The van der Waals surface area contributed by atoms with Crippen molar-refractivity contribution in [3.8, 4) is 0 Å². The van der Waals surface area contributed by atoms with E-state index in [-0.39, 0.29) is 0 Å². The van der Waals surface area contributed by atoms with Crippen LogP contribution in [0.3, 0.4) is 0 Å². The van der Waals surface area contributed by atoms with Crippen LogP contribution >= 0.6 is 0 Å². The third-order valence-electron chi connectivity index (χ3n) is 5.19. The number of benzene rings is 1. The predicted molar refractivity (Wildman–Crippen MR) is 105 cm³/mol. The minimum absolute atomic E-state index is 0.580. The Bertz CT molecular complexity index is 809. The van der Waals surface area contributed by atoms with E-state index >= 15 is 0 Å². The van der Waals surface area contributed by atoms with Crippen molar-refractivity contribution in [3.05, 3.63) is 95.6 Å². The summed E-state index contributed by atoms with van der Waals surface area (Å²) < 4.78 is 0. The second-order valence-electron chi connectivity index (χ2n) is 7.13. The van der Waals surface area contributed by atoms with E-state index in [0.29, 0.717) is 5.92 Å². The van der Waals surface area contributed by atoms with Gasteiger partial charge >= 0.3 is 0 Å². The molecule has 3 heterocycles. The van der Waals surface area contributed by atoms with Crippen LogP contribution < -0.4 is 0 Å². The molecule has 0 radical (unpaired) electrons. The van der Waals surface area contributed by atoms with Gasteiger partial charge in [-0.05, 0) is 55.3 Å². The third-order valence-corrected chi connectivity index (χ3v) is 5.19. The zero-order chi connectivity index (χ0) is 17.6. The van der Waals surface area contributed by atoms with Gasteiger partial charge < -0.3 is 0 Å². The molecular weight excluding hydrogens is 318 g/mol. The van der Waals surface area contributed by atoms with Gasteiger partial charge in [0.25, 0.3) is 0 Å². The van der Waals surface area contributed by atoms with Crippen LogP contribution in [0, 0.1) is 0 Å². The fourth-order valence-corrected chi connectivity index (χ4v) is 3.77. The first-order valence-electron chi connectivity index (χ1n) is 9.48. The van der Waals surface area contributed by atoms with E-state index < -0.39 is 0 Å². The van der Waals surface area contributed by atoms with Crippen molar-refractivity contribution < 1.29 is 0 Å². The molecule has 0 aliphatic carbocycles. The molecule has 1 saturated heterocycles. The van der Waals surface area contributed by atoms with Crippen LogP contribution in [0.2, 0.25) is 0 Å². The van der Waals surface area contributed by atoms with Gasteiger partial charge in [-0.2, -0.15) is 0 Å². The second-order valence-corrected chi connectivity index (χ2v) is 7.13. The van der Waals surface area contributed by atoms with Gasteiger partial charge in [0.05, 0.1) is 0 Å². The highest BCUT2D eigenvalue weighted by atomic mass is 15.1. The van der Waals surface area contributed by atoms with Crippen molar-refractivity contribution in [1.29, 1.82) is 0 Å². The first-order chi connectivity index (χ1) is 12.9. The van der Waals surface area contributed by atoms with E-state index in [1.165, 1.54) is 35.4 Å². The standard InChI is InChI=1S/C23H25N3/c1-2-6-19(7-3-1)16-22-9-4-10-23(25-22)21-11-14-26(15-12-21)18-20-8-5-13-24-17-20/h1-10,13,17,21H,11-12,14-16,18H2. The SMILES string of the molecule is c1ccc(Cc2cccc(C3CCN(Cc4cccnc4)CC3)n2)cc1. The largest absolute Gasteiger partial charge is 0.299 e. The molecule has 0 bridgehead atoms. The lowest BCUT2D eigenvalue weighted by Crippen LogP contribution is -2.32. The highest BCUT2D eigenvalue weighted by Crippen LogP contribution is 2.27. The Balaban J connectivity index is 1.36. The summed E-state index contributed by atoms with van der Waals surface area (Å²) in [6.07, 6.45) is 7.09. The van der Waals surface area contributed by atoms with Gasteiger partial charge in [-0.15, -0.1) is 0 Å². The van der Waals surface area contributed by atoms with Crippen molar-refractivity contribution in [2.45, 2.75) is 31.7 Å². The Morgan fingerprint density at radius 1 is 0.846 bits per heavy atom. The molecular formula is C23H25N3. The van der Waals surface area contributed by atoms with Crippen molar-refractivity contribution in [3.63, 3.8) is 0 Å². The summed E-state index contributed by atoms with van der Waals surface area (Å²) >= 11 is 0. The lowest BCUT2D eigenvalue weighted by molar-refractivity contribution is 0.203. The second kappa shape index (κ2) is 8.24. The third kappa shape index (κ3) is 4.36. The number of hydrogen-bond acceptors (Lipinski definition) is 3. The summed E-state index contributed by atoms with van der Waals surface area (Å²) in [6.45, 7) is 3.26. The van der Waals surface area contributed by atoms with Gasteiger partial charge in [0, 0.05) is 42.7 Å². The van der Waals surface area contributed by atoms with E-state index in [1.807, 2.05) is 18.5 Å². The zero-order valence-corrected chi connectivity index (χ0v) is 15.1. The number of pyridine rings is 2. The number of piperidine rings is 1. The van der Waals surface area contributed by atoms with Crippen molar-refractivity contribution in [1.82, 2.24) is 14.9 Å². The van der Waals surface area contributed by atoms with Gasteiger partial charge in [-0.25, -0.2) is 0 Å². The summed E-state index contributed by atoms with van der Waals surface area (Å²) in [5, 5.41) is 0. The highest BCUT2D eigenvalue weighted by Gasteiger charge is 2.21. The molecule has 0 unspecified atom stereocenters. The molecule has 1 aliphatic heterocycles. The molecule has 2 aromatic heterocycles. The topological polar surface area (TPSA) is 29.0 Å². The van der Waals surface area contributed by atoms with Gasteiger partial charge in [-0.3, -0.25) is 14.9 Å². The van der Waals surface area contributed by atoms with Gasteiger partial charge in [0.15, 0.2) is 0 Å². The minimum atomic E-state index is 0.580. The van der Waals surface area contributed by atoms with Crippen LogP contribution in [0.25, 0.3) is 0 Å². The van der Waals surface area contributed by atoms with Crippen LogP contribution in [0.15, 0.2) is 73.1 Å². The molecule has 132 valence electrons. The molecule has 26 heavy (non-hydrogen) atoms. The number of nitrogens with zero attached hydrogens (tertiary/aromatic N) is 3. The lowest BCUT2D eigenvalue weighted by Gasteiger charge is -2.31. The van der Waals surface area contributed by atoms with Crippen LogP contribution in [-0.4, -0.2) is 28.0 Å². The molecule has 1 aromatic carbocycles. The Hall–Kier alpha value is -2.52. The van der Waals surface area contributed by atoms with Crippen molar-refractivity contribution in [2.24, 2.45) is 0 Å². The molecule has 3 heteroatoms. The van der Waals surface area contributed by atoms with E-state index in [4.69, 9.17) is 4.98 Å². The Morgan fingerprint density at radius 3 is 2.42 bits per heavy atom. The van der Waals surface area contributed by atoms with Crippen molar-refractivity contribution in [2.75, 3.05) is 13.1 Å². The monoisotopic (exact) mass is 343 g/mol. The highest BCUT2D eigenvalue weighted by molar-refractivity contribution is 5.24. The summed E-state index contributed by atoms with van der Waals surface area (Å²) in [6, 6.07) is 21.3. The maximum absolute atomic E-state index is 4.97. The molecule has 3 aromatic rings. The molecule has 0 amide bonds. The van der Waals surface area contributed by atoms with E-state index in [9.17, 15) is 0 Å². The summed E-state index contributed by atoms with van der Waals surface area (Å²) in [7, 11) is 0. The molecule has 3 nitrogen and oxygen atoms in total. The first-order valence-corrected chi connectivity index (χ1v) is 9.48. The van der Waals surface area contributed by atoms with Crippen LogP contribution in [0.4, 0.5) is 0 Å². The number of hydrogen-bond donors (Lipinski definition) is 0.